The maximum Gasteiger partial charge on any atom is 0.215 e. The van der Waals surface area contributed by atoms with Crippen molar-refractivity contribution >= 4 is 34.0 Å². The molecule has 1 heterocycles. The van der Waals surface area contributed by atoms with Crippen LogP contribution >= 0.6 is 24.0 Å². The maximum atomic E-state index is 12.4. The molecule has 21 heavy (non-hydrogen) atoms. The third-order valence-electron chi connectivity index (χ3n) is 3.40. The van der Waals surface area contributed by atoms with Crippen molar-refractivity contribution in [2.45, 2.75) is 12.5 Å². The topological polar surface area (TPSA) is 49.4 Å². The van der Waals surface area contributed by atoms with E-state index in [2.05, 4.69) is 11.9 Å². The highest BCUT2D eigenvalue weighted by Crippen LogP contribution is 2.30. The van der Waals surface area contributed by atoms with Crippen LogP contribution < -0.4 is 5.32 Å². The van der Waals surface area contributed by atoms with Crippen molar-refractivity contribution in [1.82, 2.24) is 9.62 Å². The molecule has 0 amide bonds. The second-order valence-electron chi connectivity index (χ2n) is 4.75. The van der Waals surface area contributed by atoms with Gasteiger partial charge in [-0.15, -0.1) is 19.0 Å². The first-order valence-electron chi connectivity index (χ1n) is 6.62. The Morgan fingerprint density at radius 2 is 2.14 bits per heavy atom. The predicted molar refractivity (Wildman–Crippen MR) is 89.6 cm³/mol. The monoisotopic (exact) mass is 350 g/mol. The van der Waals surface area contributed by atoms with Gasteiger partial charge >= 0.3 is 0 Å². The molecule has 1 N–H and O–H groups in total. The van der Waals surface area contributed by atoms with Gasteiger partial charge in [-0.25, -0.2) is 8.42 Å². The van der Waals surface area contributed by atoms with Crippen molar-refractivity contribution in [3.8, 4) is 0 Å². The smallest absolute Gasteiger partial charge is 0.215 e. The quantitative estimate of drug-likeness (QED) is 0.830. The van der Waals surface area contributed by atoms with Gasteiger partial charge in [0.15, 0.2) is 0 Å². The van der Waals surface area contributed by atoms with E-state index in [9.17, 15) is 8.42 Å². The Labute approximate surface area is 137 Å². The lowest BCUT2D eigenvalue weighted by Crippen LogP contribution is -2.49. The predicted octanol–water partition coefficient (Wildman–Crippen LogP) is 2.61. The summed E-state index contributed by atoms with van der Waals surface area (Å²) < 4.78 is 26.5. The molecule has 1 aromatic rings. The van der Waals surface area contributed by atoms with Crippen LogP contribution in [0.5, 0.6) is 0 Å². The molecule has 2 rings (SSSR count). The minimum atomic E-state index is -3.30. The van der Waals surface area contributed by atoms with Gasteiger partial charge in [-0.1, -0.05) is 35.9 Å². The molecule has 0 aromatic heterocycles. The zero-order valence-electron chi connectivity index (χ0n) is 11.7. The molecule has 0 aliphatic carbocycles. The van der Waals surface area contributed by atoms with Crippen LogP contribution in [0.1, 0.15) is 18.0 Å². The maximum absolute atomic E-state index is 12.4. The molecule has 4 nitrogen and oxygen atoms in total. The zero-order chi connectivity index (χ0) is 14.6. The normalized spacial score (nSPS) is 19.8. The molecule has 1 fully saturated rings. The molecule has 1 aliphatic rings. The molecule has 0 spiro atoms. The van der Waals surface area contributed by atoms with E-state index in [0.717, 1.165) is 5.56 Å². The largest absolute Gasteiger partial charge is 0.313 e. The van der Waals surface area contributed by atoms with E-state index in [0.29, 0.717) is 31.1 Å². The lowest BCUT2D eigenvalue weighted by atomic mass is 10.1. The van der Waals surface area contributed by atoms with E-state index in [1.807, 2.05) is 18.2 Å². The first kappa shape index (κ1) is 18.5. The van der Waals surface area contributed by atoms with E-state index in [4.69, 9.17) is 11.6 Å². The van der Waals surface area contributed by atoms with Gasteiger partial charge in [-0.3, -0.25) is 0 Å². The molecule has 1 atom stereocenters. The Balaban J connectivity index is 0.00000220. The number of benzene rings is 1. The number of nitrogens with one attached hydrogen (secondary N) is 1. The third kappa shape index (κ3) is 4.44. The first-order valence-corrected chi connectivity index (χ1v) is 8.60. The average molecular weight is 351 g/mol. The summed E-state index contributed by atoms with van der Waals surface area (Å²) in [4.78, 5) is 0. The Kier molecular flexibility index (Phi) is 7.16. The van der Waals surface area contributed by atoms with Crippen LogP contribution in [-0.2, 0) is 10.0 Å². The average Bonchev–Trinajstić information content (AvgIpc) is 2.46. The molecule has 118 valence electrons. The molecular weight excluding hydrogens is 331 g/mol. The summed E-state index contributed by atoms with van der Waals surface area (Å²) in [6, 6.07) is 7.16. The summed E-state index contributed by atoms with van der Waals surface area (Å²) in [5, 5.41) is 3.84. The van der Waals surface area contributed by atoms with Crippen molar-refractivity contribution in [3.05, 3.63) is 47.5 Å². The molecule has 1 unspecified atom stereocenters. The standard InChI is InChI=1S/C14H19ClN2O2S.ClH/c1-2-3-10-20(18,19)17-9-8-16-11-14(17)12-6-4-5-7-13(12)15;/h2,4-7,14,16H,1,3,8-11H2;1H. The van der Waals surface area contributed by atoms with E-state index < -0.39 is 10.0 Å². The van der Waals surface area contributed by atoms with Gasteiger partial charge in [0.1, 0.15) is 0 Å². The second kappa shape index (κ2) is 8.15. The number of sulfonamides is 1. The highest BCUT2D eigenvalue weighted by Gasteiger charge is 2.33. The van der Waals surface area contributed by atoms with Gasteiger partial charge in [0.05, 0.1) is 11.8 Å². The second-order valence-corrected chi connectivity index (χ2v) is 7.19. The van der Waals surface area contributed by atoms with Gasteiger partial charge in [0, 0.05) is 24.7 Å². The number of allylic oxidation sites excluding steroid dienone is 1. The van der Waals surface area contributed by atoms with E-state index >= 15 is 0 Å². The molecule has 0 saturated carbocycles. The summed E-state index contributed by atoms with van der Waals surface area (Å²) in [6.07, 6.45) is 2.09. The summed E-state index contributed by atoms with van der Waals surface area (Å²) in [7, 11) is -3.30. The van der Waals surface area contributed by atoms with Crippen LogP contribution in [-0.4, -0.2) is 38.1 Å². The Hall–Kier alpha value is -0.590. The highest BCUT2D eigenvalue weighted by atomic mass is 35.5. The Morgan fingerprint density at radius 3 is 2.81 bits per heavy atom. The minimum Gasteiger partial charge on any atom is -0.313 e. The first-order chi connectivity index (χ1) is 9.56. The molecule has 7 heteroatoms. The number of halogens is 2. The zero-order valence-corrected chi connectivity index (χ0v) is 14.1. The van der Waals surface area contributed by atoms with Crippen LogP contribution in [0, 0.1) is 0 Å². The van der Waals surface area contributed by atoms with Crippen molar-refractivity contribution < 1.29 is 8.42 Å². The fourth-order valence-electron chi connectivity index (χ4n) is 2.38. The molecule has 0 bridgehead atoms. The van der Waals surface area contributed by atoms with Crippen molar-refractivity contribution in [2.24, 2.45) is 0 Å². The van der Waals surface area contributed by atoms with Crippen LogP contribution in [0.4, 0.5) is 0 Å². The van der Waals surface area contributed by atoms with E-state index in [1.165, 1.54) is 0 Å². The van der Waals surface area contributed by atoms with E-state index in [-0.39, 0.29) is 24.2 Å². The van der Waals surface area contributed by atoms with E-state index in [1.54, 1.807) is 16.4 Å². The van der Waals surface area contributed by atoms with Crippen molar-refractivity contribution in [1.29, 1.82) is 0 Å². The lowest BCUT2D eigenvalue weighted by molar-refractivity contribution is 0.271. The van der Waals surface area contributed by atoms with Gasteiger partial charge < -0.3 is 5.32 Å². The summed E-state index contributed by atoms with van der Waals surface area (Å²) in [5.74, 6) is 0.0947. The molecule has 1 saturated heterocycles. The molecule has 1 aliphatic heterocycles. The van der Waals surface area contributed by atoms with Crippen LogP contribution in [0.25, 0.3) is 0 Å². The van der Waals surface area contributed by atoms with Gasteiger partial charge in [-0.05, 0) is 18.1 Å². The molecule has 0 radical (unpaired) electrons. The van der Waals surface area contributed by atoms with Gasteiger partial charge in [0.2, 0.25) is 10.0 Å². The lowest BCUT2D eigenvalue weighted by Gasteiger charge is -2.35. The van der Waals surface area contributed by atoms with Crippen LogP contribution in [0.2, 0.25) is 5.02 Å². The molecule has 1 aromatic carbocycles. The summed E-state index contributed by atoms with van der Waals surface area (Å²) in [6.45, 7) is 5.29. The van der Waals surface area contributed by atoms with Crippen molar-refractivity contribution in [3.63, 3.8) is 0 Å². The number of hydrogen-bond donors (Lipinski definition) is 1. The van der Waals surface area contributed by atoms with Gasteiger partial charge in [0.25, 0.3) is 0 Å². The van der Waals surface area contributed by atoms with Crippen molar-refractivity contribution in [2.75, 3.05) is 25.4 Å². The third-order valence-corrected chi connectivity index (χ3v) is 5.64. The highest BCUT2D eigenvalue weighted by molar-refractivity contribution is 7.89. The number of nitrogens with zero attached hydrogens (tertiary/aromatic N) is 1. The number of rotatable bonds is 5. The SMILES string of the molecule is C=CCCS(=O)(=O)N1CCNCC1c1ccccc1Cl.Cl. The summed E-state index contributed by atoms with van der Waals surface area (Å²) in [5.41, 5.74) is 0.851. The number of hydrogen-bond acceptors (Lipinski definition) is 3. The van der Waals surface area contributed by atoms with Gasteiger partial charge in [-0.2, -0.15) is 4.31 Å². The Morgan fingerprint density at radius 1 is 1.43 bits per heavy atom. The number of piperazine rings is 1. The fourth-order valence-corrected chi connectivity index (χ4v) is 4.28. The molecular formula is C14H20Cl2N2O2S. The summed E-state index contributed by atoms with van der Waals surface area (Å²) >= 11 is 6.21. The minimum absolute atomic E-state index is 0. The fraction of sp³-hybridized carbons (Fsp3) is 0.429. The van der Waals surface area contributed by atoms with Crippen LogP contribution in [0.15, 0.2) is 36.9 Å². The van der Waals surface area contributed by atoms with Crippen LogP contribution in [0.3, 0.4) is 0 Å². The Bertz CT molecular complexity index is 578.